The molecule has 1 saturated carbocycles. The normalized spacial score (nSPS) is 17.3. The first-order valence-corrected chi connectivity index (χ1v) is 11.0. The predicted octanol–water partition coefficient (Wildman–Crippen LogP) is 4.29. The van der Waals surface area contributed by atoms with Gasteiger partial charge < -0.3 is 14.8 Å². The van der Waals surface area contributed by atoms with Crippen molar-refractivity contribution >= 4 is 16.9 Å². The number of nitrogens with one attached hydrogen (secondary N) is 1. The summed E-state index contributed by atoms with van der Waals surface area (Å²) in [6.07, 6.45) is 5.74. The molecule has 1 N–H and O–H groups in total. The van der Waals surface area contributed by atoms with E-state index in [1.54, 1.807) is 6.20 Å². The fourth-order valence-electron chi connectivity index (χ4n) is 4.76. The summed E-state index contributed by atoms with van der Waals surface area (Å²) in [6.45, 7) is 7.14. The summed E-state index contributed by atoms with van der Waals surface area (Å²) in [5.41, 5.74) is 2.78. The Morgan fingerprint density at radius 2 is 1.87 bits per heavy atom. The van der Waals surface area contributed by atoms with Gasteiger partial charge in [-0.3, -0.25) is 4.79 Å². The Balaban J connectivity index is 1.48. The van der Waals surface area contributed by atoms with Crippen molar-refractivity contribution < 1.29 is 14.3 Å². The maximum atomic E-state index is 13.4. The van der Waals surface area contributed by atoms with Gasteiger partial charge in [0.15, 0.2) is 17.1 Å². The zero-order valence-electron chi connectivity index (χ0n) is 18.3. The first-order valence-electron chi connectivity index (χ1n) is 11.0. The summed E-state index contributed by atoms with van der Waals surface area (Å²) in [5, 5.41) is 8.68. The smallest absolute Gasteiger partial charge is 0.253 e. The van der Waals surface area contributed by atoms with E-state index in [0.29, 0.717) is 24.5 Å². The maximum Gasteiger partial charge on any atom is 0.253 e. The SMILES string of the molecule is Cc1nc2c(cnn2C(C)C)cc1C(=O)NC1(c2ccc3c(c2)OCCO3)CCCC1. The highest BCUT2D eigenvalue weighted by atomic mass is 16.6. The van der Waals surface area contributed by atoms with Gasteiger partial charge in [0.05, 0.1) is 23.0 Å². The molecule has 1 aliphatic heterocycles. The van der Waals surface area contributed by atoms with Crippen LogP contribution >= 0.6 is 0 Å². The summed E-state index contributed by atoms with van der Waals surface area (Å²) in [6, 6.07) is 8.16. The Hall–Kier alpha value is -3.09. The number of amides is 1. The highest BCUT2D eigenvalue weighted by Gasteiger charge is 2.38. The van der Waals surface area contributed by atoms with Crippen LogP contribution in [0.1, 0.15) is 67.2 Å². The predicted molar refractivity (Wildman–Crippen MR) is 118 cm³/mol. The van der Waals surface area contributed by atoms with Crippen LogP contribution in [0.25, 0.3) is 11.0 Å². The number of carbonyl (C=O) groups is 1. The van der Waals surface area contributed by atoms with Gasteiger partial charge in [0.2, 0.25) is 0 Å². The third kappa shape index (κ3) is 3.42. The van der Waals surface area contributed by atoms with E-state index in [1.165, 1.54) is 0 Å². The second-order valence-electron chi connectivity index (χ2n) is 8.82. The van der Waals surface area contributed by atoms with Gasteiger partial charge in [-0.05, 0) is 57.4 Å². The number of nitrogens with zero attached hydrogens (tertiary/aromatic N) is 3. The Morgan fingerprint density at radius 3 is 2.61 bits per heavy atom. The molecule has 3 heterocycles. The lowest BCUT2D eigenvalue weighted by Gasteiger charge is -2.32. The lowest BCUT2D eigenvalue weighted by Crippen LogP contribution is -2.44. The van der Waals surface area contributed by atoms with Crippen molar-refractivity contribution in [1.29, 1.82) is 0 Å². The third-order valence-electron chi connectivity index (χ3n) is 6.40. The van der Waals surface area contributed by atoms with E-state index in [2.05, 4.69) is 30.3 Å². The van der Waals surface area contributed by atoms with Crippen LogP contribution in [-0.2, 0) is 5.54 Å². The van der Waals surface area contributed by atoms with Crippen LogP contribution in [0, 0.1) is 6.92 Å². The van der Waals surface area contributed by atoms with Crippen LogP contribution in [0.2, 0.25) is 0 Å². The van der Waals surface area contributed by atoms with Crippen molar-refractivity contribution in [3.63, 3.8) is 0 Å². The molecule has 3 aromatic rings. The summed E-state index contributed by atoms with van der Waals surface area (Å²) in [5.74, 6) is 1.42. The van der Waals surface area contributed by atoms with Gasteiger partial charge in [-0.25, -0.2) is 9.67 Å². The fraction of sp³-hybridized carbons (Fsp3) is 0.458. The van der Waals surface area contributed by atoms with Crippen LogP contribution in [-0.4, -0.2) is 33.9 Å². The van der Waals surface area contributed by atoms with Gasteiger partial charge in [0.25, 0.3) is 5.91 Å². The van der Waals surface area contributed by atoms with Gasteiger partial charge in [-0.15, -0.1) is 0 Å². The molecule has 1 aliphatic carbocycles. The van der Waals surface area contributed by atoms with Gasteiger partial charge in [-0.1, -0.05) is 18.9 Å². The molecule has 1 aromatic carbocycles. The number of ether oxygens (including phenoxy) is 2. The topological polar surface area (TPSA) is 78.3 Å². The van der Waals surface area contributed by atoms with E-state index in [1.807, 2.05) is 29.8 Å². The van der Waals surface area contributed by atoms with Crippen molar-refractivity contribution in [1.82, 2.24) is 20.1 Å². The van der Waals surface area contributed by atoms with E-state index in [4.69, 9.17) is 14.5 Å². The monoisotopic (exact) mass is 420 g/mol. The first kappa shape index (κ1) is 19.8. The molecule has 2 aliphatic rings. The standard InChI is InChI=1S/C24H28N4O3/c1-15(2)28-22-17(14-25-28)12-19(16(3)26-22)23(29)27-24(8-4-5-9-24)18-6-7-20-21(13-18)31-11-10-30-20/h6-7,12-15H,4-5,8-11H2,1-3H3,(H,27,29). The third-order valence-corrected chi connectivity index (χ3v) is 6.40. The van der Waals surface area contributed by atoms with Gasteiger partial charge in [0.1, 0.15) is 13.2 Å². The highest BCUT2D eigenvalue weighted by molar-refractivity contribution is 5.98. The molecule has 0 bridgehead atoms. The van der Waals surface area contributed by atoms with E-state index in [0.717, 1.165) is 53.8 Å². The molecule has 0 saturated heterocycles. The minimum absolute atomic E-state index is 0.0963. The largest absolute Gasteiger partial charge is 0.486 e. The number of pyridine rings is 1. The summed E-state index contributed by atoms with van der Waals surface area (Å²) in [4.78, 5) is 18.1. The Bertz CT molecular complexity index is 1150. The van der Waals surface area contributed by atoms with E-state index in [9.17, 15) is 4.79 Å². The molecule has 7 nitrogen and oxygen atoms in total. The average Bonchev–Trinajstić information content (AvgIpc) is 3.40. The molecule has 5 rings (SSSR count). The summed E-state index contributed by atoms with van der Waals surface area (Å²) < 4.78 is 13.3. The van der Waals surface area contributed by atoms with Crippen molar-refractivity contribution in [2.75, 3.05) is 13.2 Å². The number of hydrogen-bond acceptors (Lipinski definition) is 5. The second-order valence-corrected chi connectivity index (χ2v) is 8.82. The molecular formula is C24H28N4O3. The van der Waals surface area contributed by atoms with Crippen molar-refractivity contribution in [2.24, 2.45) is 0 Å². The minimum Gasteiger partial charge on any atom is -0.486 e. The van der Waals surface area contributed by atoms with Gasteiger partial charge in [0, 0.05) is 11.4 Å². The molecule has 162 valence electrons. The molecule has 0 unspecified atom stereocenters. The van der Waals surface area contributed by atoms with Gasteiger partial charge in [-0.2, -0.15) is 5.10 Å². The molecule has 1 fully saturated rings. The molecule has 2 aromatic heterocycles. The maximum absolute atomic E-state index is 13.4. The molecule has 31 heavy (non-hydrogen) atoms. The minimum atomic E-state index is -0.406. The lowest BCUT2D eigenvalue weighted by molar-refractivity contribution is 0.0896. The zero-order chi connectivity index (χ0) is 21.6. The van der Waals surface area contributed by atoms with Crippen molar-refractivity contribution in [3.05, 3.63) is 47.3 Å². The Morgan fingerprint density at radius 1 is 1.13 bits per heavy atom. The average molecular weight is 421 g/mol. The molecular weight excluding hydrogens is 392 g/mol. The highest BCUT2D eigenvalue weighted by Crippen LogP contribution is 2.42. The number of carbonyl (C=O) groups excluding carboxylic acids is 1. The second kappa shape index (κ2) is 7.55. The molecule has 7 heteroatoms. The van der Waals surface area contributed by atoms with Crippen LogP contribution in [0.3, 0.4) is 0 Å². The number of aryl methyl sites for hydroxylation is 1. The van der Waals surface area contributed by atoms with E-state index in [-0.39, 0.29) is 11.9 Å². The van der Waals surface area contributed by atoms with Crippen molar-refractivity contribution in [2.45, 2.75) is 58.0 Å². The molecule has 0 radical (unpaired) electrons. The lowest BCUT2D eigenvalue weighted by atomic mass is 9.87. The number of benzene rings is 1. The van der Waals surface area contributed by atoms with Crippen LogP contribution in [0.15, 0.2) is 30.5 Å². The van der Waals surface area contributed by atoms with Gasteiger partial charge >= 0.3 is 0 Å². The molecule has 0 spiro atoms. The number of fused-ring (bicyclic) bond motifs is 2. The quantitative estimate of drug-likeness (QED) is 0.681. The van der Waals surface area contributed by atoms with Crippen LogP contribution < -0.4 is 14.8 Å². The van der Waals surface area contributed by atoms with E-state index < -0.39 is 5.54 Å². The zero-order valence-corrected chi connectivity index (χ0v) is 18.3. The van der Waals surface area contributed by atoms with E-state index >= 15 is 0 Å². The Labute approximate surface area is 181 Å². The molecule has 0 atom stereocenters. The fourth-order valence-corrected chi connectivity index (χ4v) is 4.76. The first-order chi connectivity index (χ1) is 15.0. The Kier molecular flexibility index (Phi) is 4.84. The summed E-state index contributed by atoms with van der Waals surface area (Å²) >= 11 is 0. The molecule has 1 amide bonds. The van der Waals surface area contributed by atoms with Crippen molar-refractivity contribution in [3.8, 4) is 11.5 Å². The van der Waals surface area contributed by atoms with Crippen LogP contribution in [0.5, 0.6) is 11.5 Å². The number of aromatic nitrogens is 3. The van der Waals surface area contributed by atoms with Crippen LogP contribution in [0.4, 0.5) is 0 Å². The summed E-state index contributed by atoms with van der Waals surface area (Å²) in [7, 11) is 0. The number of hydrogen-bond donors (Lipinski definition) is 1. The number of rotatable bonds is 4.